The third-order valence-electron chi connectivity index (χ3n) is 5.45. The number of nitrogens with zero attached hydrogens (tertiary/aromatic N) is 4. The van der Waals surface area contributed by atoms with Crippen LogP contribution in [-0.2, 0) is 4.79 Å². The molecule has 0 fully saturated rings. The van der Waals surface area contributed by atoms with Gasteiger partial charge in [-0.1, -0.05) is 85.2 Å². The van der Waals surface area contributed by atoms with E-state index in [2.05, 4.69) is 30.1 Å². The summed E-state index contributed by atoms with van der Waals surface area (Å²) in [6, 6.07) is 23.0. The normalized spacial score (nSPS) is 11.1. The van der Waals surface area contributed by atoms with Gasteiger partial charge in [-0.05, 0) is 47.9 Å². The minimum Gasteiger partial charge on any atom is -0.315 e. The highest BCUT2D eigenvalue weighted by molar-refractivity contribution is 7.99. The average molecular weight is 511 g/mol. The van der Waals surface area contributed by atoms with Crippen molar-refractivity contribution >= 4 is 46.6 Å². The van der Waals surface area contributed by atoms with Crippen LogP contribution in [-0.4, -0.2) is 33.5 Å². The molecule has 0 saturated carbocycles. The van der Waals surface area contributed by atoms with Gasteiger partial charge in [0.1, 0.15) is 0 Å². The molecule has 3 aromatic carbocycles. The molecule has 0 radical (unpaired) electrons. The van der Waals surface area contributed by atoms with Crippen LogP contribution in [0, 0.1) is 0 Å². The zero-order valence-electron chi connectivity index (χ0n) is 19.1. The smallest absolute Gasteiger partial charge is 0.237 e. The zero-order chi connectivity index (χ0) is 24.2. The Balaban J connectivity index is 1.74. The van der Waals surface area contributed by atoms with Crippen molar-refractivity contribution in [3.05, 3.63) is 88.4 Å². The van der Waals surface area contributed by atoms with Gasteiger partial charge in [0, 0.05) is 23.3 Å². The number of carbonyl (C=O) groups is 1. The molecule has 0 atom stereocenters. The number of hydrogen-bond donors (Lipinski definition) is 0. The molecule has 0 aliphatic heterocycles. The van der Waals surface area contributed by atoms with Crippen LogP contribution in [0.2, 0.25) is 10.0 Å². The van der Waals surface area contributed by atoms with Gasteiger partial charge in [0.25, 0.3) is 0 Å². The number of rotatable bonds is 7. The zero-order valence-corrected chi connectivity index (χ0v) is 21.4. The van der Waals surface area contributed by atoms with Crippen LogP contribution in [0.25, 0.3) is 17.1 Å². The molecule has 0 spiro atoms. The number of anilines is 1. The second kappa shape index (κ2) is 10.6. The largest absolute Gasteiger partial charge is 0.315 e. The molecule has 0 aliphatic carbocycles. The fourth-order valence-corrected chi connectivity index (χ4v) is 4.98. The fourth-order valence-electron chi connectivity index (χ4n) is 3.62. The lowest BCUT2D eigenvalue weighted by Gasteiger charge is -2.19. The van der Waals surface area contributed by atoms with Crippen molar-refractivity contribution in [3.63, 3.8) is 0 Å². The highest BCUT2D eigenvalue weighted by atomic mass is 35.5. The third-order valence-corrected chi connectivity index (χ3v) is 6.91. The average Bonchev–Trinajstić information content (AvgIpc) is 3.26. The quantitative estimate of drug-likeness (QED) is 0.248. The SMILES string of the molecule is CC(C)c1ccccc1-n1c(SCC(=O)N(C)c2ccccc2)nnc1-c1ccc(Cl)cc1Cl. The molecule has 4 aromatic rings. The van der Waals surface area contributed by atoms with E-state index in [4.69, 9.17) is 23.2 Å². The summed E-state index contributed by atoms with van der Waals surface area (Å²) in [6.07, 6.45) is 0. The summed E-state index contributed by atoms with van der Waals surface area (Å²) < 4.78 is 1.98. The van der Waals surface area contributed by atoms with E-state index in [0.29, 0.717) is 21.0 Å². The van der Waals surface area contributed by atoms with Crippen LogP contribution in [0.3, 0.4) is 0 Å². The molecular weight excluding hydrogens is 487 g/mol. The summed E-state index contributed by atoms with van der Waals surface area (Å²) in [4.78, 5) is 14.6. The van der Waals surface area contributed by atoms with E-state index in [9.17, 15) is 4.79 Å². The number of amides is 1. The number of halogens is 2. The first-order valence-corrected chi connectivity index (χ1v) is 12.6. The minimum atomic E-state index is -0.0334. The molecule has 5 nitrogen and oxygen atoms in total. The van der Waals surface area contributed by atoms with Gasteiger partial charge >= 0.3 is 0 Å². The van der Waals surface area contributed by atoms with Crippen LogP contribution in [0.1, 0.15) is 25.3 Å². The van der Waals surface area contributed by atoms with Crippen LogP contribution in [0.4, 0.5) is 5.69 Å². The van der Waals surface area contributed by atoms with Crippen molar-refractivity contribution in [3.8, 4) is 17.1 Å². The molecule has 174 valence electrons. The van der Waals surface area contributed by atoms with Crippen LogP contribution >= 0.6 is 35.0 Å². The maximum absolute atomic E-state index is 12.9. The summed E-state index contributed by atoms with van der Waals surface area (Å²) in [5.74, 6) is 1.05. The fraction of sp³-hybridized carbons (Fsp3) is 0.192. The van der Waals surface area contributed by atoms with Crippen molar-refractivity contribution in [1.29, 1.82) is 0 Å². The maximum atomic E-state index is 12.9. The Kier molecular flexibility index (Phi) is 7.61. The summed E-state index contributed by atoms with van der Waals surface area (Å²) >= 11 is 14.0. The highest BCUT2D eigenvalue weighted by Gasteiger charge is 2.22. The Bertz CT molecular complexity index is 1310. The Hall–Kier alpha value is -2.80. The molecule has 1 amide bonds. The number of hydrogen-bond acceptors (Lipinski definition) is 4. The number of para-hydroxylation sites is 2. The number of carbonyl (C=O) groups excluding carboxylic acids is 1. The Morgan fingerprint density at radius 1 is 1.00 bits per heavy atom. The topological polar surface area (TPSA) is 51.0 Å². The van der Waals surface area contributed by atoms with E-state index in [1.807, 2.05) is 59.2 Å². The van der Waals surface area contributed by atoms with Gasteiger partial charge in [-0.25, -0.2) is 0 Å². The molecular formula is C26H24Cl2N4OS. The van der Waals surface area contributed by atoms with E-state index in [-0.39, 0.29) is 17.6 Å². The lowest BCUT2D eigenvalue weighted by Crippen LogP contribution is -2.27. The van der Waals surface area contributed by atoms with Crippen molar-refractivity contribution in [2.75, 3.05) is 17.7 Å². The lowest BCUT2D eigenvalue weighted by molar-refractivity contribution is -0.115. The lowest BCUT2D eigenvalue weighted by atomic mass is 10.0. The van der Waals surface area contributed by atoms with E-state index in [1.54, 1.807) is 24.1 Å². The number of benzene rings is 3. The van der Waals surface area contributed by atoms with Crippen LogP contribution in [0.15, 0.2) is 78.0 Å². The van der Waals surface area contributed by atoms with Gasteiger partial charge < -0.3 is 4.90 Å². The third kappa shape index (κ3) is 5.14. The van der Waals surface area contributed by atoms with E-state index < -0.39 is 0 Å². The predicted molar refractivity (Wildman–Crippen MR) is 141 cm³/mol. The Morgan fingerprint density at radius 2 is 1.71 bits per heavy atom. The molecule has 8 heteroatoms. The molecule has 0 aliphatic rings. The minimum absolute atomic E-state index is 0.0334. The first-order chi connectivity index (χ1) is 16.4. The van der Waals surface area contributed by atoms with Crippen molar-refractivity contribution in [2.24, 2.45) is 0 Å². The van der Waals surface area contributed by atoms with E-state index in [0.717, 1.165) is 22.5 Å². The van der Waals surface area contributed by atoms with Gasteiger partial charge in [0.05, 0.1) is 16.5 Å². The first-order valence-electron chi connectivity index (χ1n) is 10.8. The predicted octanol–water partition coefficient (Wildman–Crippen LogP) is 7.12. The standard InChI is InChI=1S/C26H24Cl2N4OS/c1-17(2)20-11-7-8-12-23(20)32-25(21-14-13-18(27)15-22(21)28)29-30-26(32)34-16-24(33)31(3)19-9-5-4-6-10-19/h4-15,17H,16H2,1-3H3. The second-order valence-electron chi connectivity index (χ2n) is 8.06. The van der Waals surface area contributed by atoms with Crippen molar-refractivity contribution < 1.29 is 4.79 Å². The number of aromatic nitrogens is 3. The Labute approximate surface area is 213 Å². The molecule has 0 N–H and O–H groups in total. The van der Waals surface area contributed by atoms with Gasteiger partial charge in [-0.3, -0.25) is 9.36 Å². The molecule has 1 aromatic heterocycles. The van der Waals surface area contributed by atoms with Crippen LogP contribution < -0.4 is 4.90 Å². The summed E-state index contributed by atoms with van der Waals surface area (Å²) in [5.41, 5.74) is 3.66. The molecule has 0 bridgehead atoms. The monoisotopic (exact) mass is 510 g/mol. The molecule has 0 saturated heterocycles. The molecule has 1 heterocycles. The summed E-state index contributed by atoms with van der Waals surface area (Å²) in [7, 11) is 1.77. The summed E-state index contributed by atoms with van der Waals surface area (Å²) in [6.45, 7) is 4.28. The van der Waals surface area contributed by atoms with Crippen molar-refractivity contribution in [2.45, 2.75) is 24.9 Å². The van der Waals surface area contributed by atoms with E-state index in [1.165, 1.54) is 11.8 Å². The second-order valence-corrected chi connectivity index (χ2v) is 9.84. The van der Waals surface area contributed by atoms with Crippen molar-refractivity contribution in [1.82, 2.24) is 14.8 Å². The molecule has 34 heavy (non-hydrogen) atoms. The Morgan fingerprint density at radius 3 is 2.41 bits per heavy atom. The molecule has 4 rings (SSSR count). The van der Waals surface area contributed by atoms with Gasteiger partial charge in [-0.15, -0.1) is 10.2 Å². The molecule has 0 unspecified atom stereocenters. The highest BCUT2D eigenvalue weighted by Crippen LogP contribution is 2.35. The van der Waals surface area contributed by atoms with Gasteiger partial charge in [-0.2, -0.15) is 0 Å². The van der Waals surface area contributed by atoms with Crippen LogP contribution in [0.5, 0.6) is 0 Å². The first kappa shape index (κ1) is 24.3. The number of thioether (sulfide) groups is 1. The maximum Gasteiger partial charge on any atom is 0.237 e. The van der Waals surface area contributed by atoms with Gasteiger partial charge in [0.2, 0.25) is 5.91 Å². The summed E-state index contributed by atoms with van der Waals surface area (Å²) in [5, 5.41) is 10.6. The van der Waals surface area contributed by atoms with E-state index >= 15 is 0 Å². The van der Waals surface area contributed by atoms with Gasteiger partial charge in [0.15, 0.2) is 11.0 Å².